The topological polar surface area (TPSA) is 65.5 Å². The van der Waals surface area contributed by atoms with Gasteiger partial charge in [-0.25, -0.2) is 0 Å². The average Bonchev–Trinajstić information content (AvgIpc) is 3.15. The molecule has 0 amide bonds. The van der Waals surface area contributed by atoms with Crippen molar-refractivity contribution >= 4 is 53.7 Å². The van der Waals surface area contributed by atoms with Crippen molar-refractivity contribution in [3.8, 4) is 5.75 Å². The lowest BCUT2D eigenvalue weighted by Gasteiger charge is -2.28. The van der Waals surface area contributed by atoms with E-state index >= 15 is 0 Å². The molecule has 0 bridgehead atoms. The number of ether oxygens (including phenoxy) is 1. The van der Waals surface area contributed by atoms with Gasteiger partial charge in [0.25, 0.3) is 0 Å². The number of furan rings is 1. The van der Waals surface area contributed by atoms with Crippen molar-refractivity contribution in [3.63, 3.8) is 0 Å². The van der Waals surface area contributed by atoms with Gasteiger partial charge in [-0.1, -0.05) is 48.0 Å². The van der Waals surface area contributed by atoms with Crippen LogP contribution in [0.5, 0.6) is 5.75 Å². The van der Waals surface area contributed by atoms with Crippen LogP contribution in [0.15, 0.2) is 42.1 Å². The van der Waals surface area contributed by atoms with E-state index in [4.69, 9.17) is 9.15 Å². The van der Waals surface area contributed by atoms with Crippen molar-refractivity contribution < 1.29 is 35.5 Å². The molecule has 6 nitrogen and oxygen atoms in total. The van der Waals surface area contributed by atoms with Crippen molar-refractivity contribution in [1.29, 1.82) is 0 Å². The third-order valence-corrected chi connectivity index (χ3v) is 6.91. The van der Waals surface area contributed by atoms with Gasteiger partial charge in [0.1, 0.15) is 17.2 Å². The fourth-order valence-corrected chi connectivity index (χ4v) is 6.08. The summed E-state index contributed by atoms with van der Waals surface area (Å²) < 4.78 is 14.9. The van der Waals surface area contributed by atoms with Crippen molar-refractivity contribution in [1.82, 2.24) is 0 Å². The van der Waals surface area contributed by atoms with Gasteiger partial charge in [-0.2, -0.15) is 0 Å². The zero-order valence-corrected chi connectivity index (χ0v) is 25.5. The SMILES string of the molecule is C[N+](C)(CCCCCCCCCCOc1c(Br)cc(Br)cc1Br)Cc1ccc([N+](=O)[O-])o1.[Br-]. The summed E-state index contributed by atoms with van der Waals surface area (Å²) in [4.78, 5) is 10.3. The number of nitrogens with zero attached hydrogens (tertiary/aromatic N) is 2. The van der Waals surface area contributed by atoms with Crippen LogP contribution in [0.4, 0.5) is 5.88 Å². The number of hydrogen-bond donors (Lipinski definition) is 0. The van der Waals surface area contributed by atoms with E-state index in [0.717, 1.165) is 49.6 Å². The Labute approximate surface area is 232 Å². The summed E-state index contributed by atoms with van der Waals surface area (Å²) >= 11 is 10.5. The normalized spacial score (nSPS) is 11.3. The summed E-state index contributed by atoms with van der Waals surface area (Å²) in [6.45, 7) is 2.43. The molecule has 33 heavy (non-hydrogen) atoms. The van der Waals surface area contributed by atoms with Crippen LogP contribution in [-0.4, -0.2) is 36.7 Å². The van der Waals surface area contributed by atoms with Gasteiger partial charge in [-0.15, -0.1) is 0 Å². The van der Waals surface area contributed by atoms with Crippen LogP contribution in [0.25, 0.3) is 0 Å². The molecule has 0 atom stereocenters. The van der Waals surface area contributed by atoms with Crippen LogP contribution >= 0.6 is 47.8 Å². The molecule has 0 unspecified atom stereocenters. The molecule has 10 heteroatoms. The Bertz CT molecular complexity index is 851. The van der Waals surface area contributed by atoms with Crippen LogP contribution in [0.2, 0.25) is 0 Å². The molecule has 1 heterocycles. The molecule has 2 aromatic rings. The standard InChI is InChI=1S/C23H32Br3N2O4.BrH/c1-28(2,17-19-11-12-22(32-19)27(29)30)13-9-7-5-3-4-6-8-10-14-31-23-20(25)15-18(24)16-21(23)26;/h11-12,15-16H,3-10,13-14,17H2,1-2H3;1H/q+1;/p-1. The third kappa shape index (κ3) is 11.7. The number of rotatable bonds is 15. The third-order valence-electron chi connectivity index (χ3n) is 5.28. The van der Waals surface area contributed by atoms with E-state index in [-0.39, 0.29) is 22.9 Å². The van der Waals surface area contributed by atoms with Gasteiger partial charge in [0.15, 0.2) is 5.76 Å². The van der Waals surface area contributed by atoms with Crippen LogP contribution < -0.4 is 21.7 Å². The maximum Gasteiger partial charge on any atom is 0.433 e. The summed E-state index contributed by atoms with van der Waals surface area (Å²) in [7, 11) is 4.28. The van der Waals surface area contributed by atoms with Crippen LogP contribution in [0.1, 0.15) is 57.1 Å². The largest absolute Gasteiger partial charge is 1.00 e. The second-order valence-electron chi connectivity index (χ2n) is 8.69. The molecule has 1 aromatic heterocycles. The Morgan fingerprint density at radius 2 is 1.48 bits per heavy atom. The monoisotopic (exact) mass is 716 g/mol. The van der Waals surface area contributed by atoms with Gasteiger partial charge < -0.3 is 30.6 Å². The summed E-state index contributed by atoms with van der Waals surface area (Å²) in [5, 5.41) is 10.7. The highest BCUT2D eigenvalue weighted by atomic mass is 79.9. The number of nitro groups is 1. The van der Waals surface area contributed by atoms with Gasteiger partial charge in [-0.05, 0) is 69.3 Å². The molecule has 186 valence electrons. The fraction of sp³-hybridized carbons (Fsp3) is 0.565. The smallest absolute Gasteiger partial charge is 0.433 e. The van der Waals surface area contributed by atoms with Crippen molar-refractivity contribution in [3.05, 3.63) is 53.6 Å². The molecule has 0 saturated heterocycles. The molecule has 0 saturated carbocycles. The number of hydrogen-bond acceptors (Lipinski definition) is 4. The summed E-state index contributed by atoms with van der Waals surface area (Å²) in [5.41, 5.74) is 0. The zero-order valence-electron chi connectivity index (χ0n) is 19.1. The van der Waals surface area contributed by atoms with Gasteiger partial charge in [0.2, 0.25) is 0 Å². The maximum absolute atomic E-state index is 10.7. The lowest BCUT2D eigenvalue weighted by Crippen LogP contribution is -3.00. The molecule has 2 rings (SSSR count). The second-order valence-corrected chi connectivity index (χ2v) is 11.3. The highest BCUT2D eigenvalue weighted by Crippen LogP contribution is 2.36. The van der Waals surface area contributed by atoms with E-state index in [0.29, 0.717) is 12.3 Å². The highest BCUT2D eigenvalue weighted by Gasteiger charge is 2.20. The second kappa shape index (κ2) is 15.5. The number of quaternary nitrogens is 1. The molecular formula is C23H32Br4N2O4. The molecule has 1 aromatic carbocycles. The summed E-state index contributed by atoms with van der Waals surface area (Å²) in [5.74, 6) is 1.35. The van der Waals surface area contributed by atoms with E-state index in [1.165, 1.54) is 44.6 Å². The Kier molecular flexibility index (Phi) is 14.4. The van der Waals surface area contributed by atoms with Crippen LogP contribution in [-0.2, 0) is 6.54 Å². The van der Waals surface area contributed by atoms with E-state index in [9.17, 15) is 10.1 Å². The van der Waals surface area contributed by atoms with Crippen molar-refractivity contribution in [2.75, 3.05) is 27.2 Å². The van der Waals surface area contributed by atoms with E-state index in [1.807, 2.05) is 12.1 Å². The average molecular weight is 720 g/mol. The van der Waals surface area contributed by atoms with Crippen LogP contribution in [0, 0.1) is 10.1 Å². The molecule has 0 spiro atoms. The first kappa shape index (κ1) is 30.6. The molecule has 0 aliphatic carbocycles. The van der Waals surface area contributed by atoms with Crippen LogP contribution in [0.3, 0.4) is 0 Å². The molecule has 0 aliphatic heterocycles. The Hall–Kier alpha value is -0.420. The molecule has 0 radical (unpaired) electrons. The van der Waals surface area contributed by atoms with E-state index in [2.05, 4.69) is 61.9 Å². The molecular weight excluding hydrogens is 688 g/mol. The maximum atomic E-state index is 10.7. The number of unbranched alkanes of at least 4 members (excludes halogenated alkanes) is 7. The predicted octanol–water partition coefficient (Wildman–Crippen LogP) is 5.26. The minimum Gasteiger partial charge on any atom is -1.00 e. The first-order valence-corrected chi connectivity index (χ1v) is 13.4. The first-order chi connectivity index (χ1) is 15.2. The zero-order chi connectivity index (χ0) is 23.6. The lowest BCUT2D eigenvalue weighted by atomic mass is 10.1. The fourth-order valence-electron chi connectivity index (χ4n) is 3.59. The summed E-state index contributed by atoms with van der Waals surface area (Å²) in [6.07, 6.45) is 9.64. The van der Waals surface area contributed by atoms with Crippen molar-refractivity contribution in [2.45, 2.75) is 57.9 Å². The van der Waals surface area contributed by atoms with E-state index in [1.54, 1.807) is 6.07 Å². The van der Waals surface area contributed by atoms with Gasteiger partial charge in [0, 0.05) is 4.47 Å². The number of halogens is 4. The summed E-state index contributed by atoms with van der Waals surface area (Å²) in [6, 6.07) is 7.12. The van der Waals surface area contributed by atoms with E-state index < -0.39 is 4.92 Å². The highest BCUT2D eigenvalue weighted by molar-refractivity contribution is 9.11. The van der Waals surface area contributed by atoms with Gasteiger partial charge >= 0.3 is 5.88 Å². The first-order valence-electron chi connectivity index (χ1n) is 11.0. The Morgan fingerprint density at radius 1 is 0.939 bits per heavy atom. The molecule has 0 aliphatic rings. The van der Waals surface area contributed by atoms with Crippen molar-refractivity contribution in [2.24, 2.45) is 0 Å². The minimum absolute atomic E-state index is 0. The minimum atomic E-state index is -0.489. The number of benzene rings is 1. The Morgan fingerprint density at radius 3 is 2.03 bits per heavy atom. The predicted molar refractivity (Wildman–Crippen MR) is 138 cm³/mol. The van der Waals surface area contributed by atoms with Gasteiger partial charge in [-0.3, -0.25) is 10.1 Å². The molecule has 0 fully saturated rings. The Balaban J connectivity index is 0.00000544. The quantitative estimate of drug-likeness (QED) is 0.109. The molecule has 0 N–H and O–H groups in total. The lowest BCUT2D eigenvalue weighted by molar-refractivity contribution is -0.904. The van der Waals surface area contributed by atoms with Gasteiger partial charge in [0.05, 0.1) is 42.3 Å².